The highest BCUT2D eigenvalue weighted by molar-refractivity contribution is 6.20. The summed E-state index contributed by atoms with van der Waals surface area (Å²) in [6, 6.07) is 47.0. The Bertz CT molecular complexity index is 2830. The number of fused-ring (bicyclic) bond motifs is 2. The van der Waals surface area contributed by atoms with E-state index in [0.29, 0.717) is 10.8 Å². The number of hydrogen-bond donors (Lipinski definition) is 0. The first-order valence-electron chi connectivity index (χ1n) is 26.7. The number of nitrogens with zero attached hydrogens (tertiary/aromatic N) is 2. The Morgan fingerprint density at radius 1 is 0.318 bits per heavy atom. The molecule has 0 radical (unpaired) electrons. The van der Waals surface area contributed by atoms with Crippen LogP contribution in [-0.2, 0) is 10.8 Å². The molecule has 326 valence electrons. The molecule has 5 aromatic carbocycles. The van der Waals surface area contributed by atoms with E-state index in [0.717, 1.165) is 94.2 Å². The Kier molecular flexibility index (Phi) is 7.23. The van der Waals surface area contributed by atoms with Crippen LogP contribution in [0.3, 0.4) is 0 Å². The summed E-state index contributed by atoms with van der Waals surface area (Å²) in [6.07, 6.45) is 22.5. The van der Waals surface area contributed by atoms with E-state index in [1.807, 2.05) is 0 Å². The van der Waals surface area contributed by atoms with Gasteiger partial charge in [0.25, 0.3) is 0 Å². The van der Waals surface area contributed by atoms with Gasteiger partial charge in [-0.05, 0) is 216 Å². The van der Waals surface area contributed by atoms with E-state index in [-0.39, 0.29) is 0 Å². The zero-order valence-corrected chi connectivity index (χ0v) is 38.2. The van der Waals surface area contributed by atoms with Gasteiger partial charge in [0.05, 0.1) is 11.4 Å². The van der Waals surface area contributed by atoms with Crippen LogP contribution < -0.4 is 0 Å². The van der Waals surface area contributed by atoms with Gasteiger partial charge in [-0.15, -0.1) is 0 Å². The number of pyridine rings is 2. The minimum atomic E-state index is 0.454. The van der Waals surface area contributed by atoms with Crippen molar-refractivity contribution < 1.29 is 0 Å². The van der Waals surface area contributed by atoms with Gasteiger partial charge in [-0.25, -0.2) is 0 Å². The van der Waals surface area contributed by atoms with Crippen molar-refractivity contribution >= 4 is 21.5 Å². The van der Waals surface area contributed by atoms with Gasteiger partial charge < -0.3 is 0 Å². The average Bonchev–Trinajstić information content (AvgIpc) is 3.38. The first-order valence-corrected chi connectivity index (χ1v) is 26.7. The maximum atomic E-state index is 5.27. The Labute approximate surface area is 390 Å². The molecule has 8 atom stereocenters. The van der Waals surface area contributed by atoms with Gasteiger partial charge in [-0.3, -0.25) is 9.97 Å². The third-order valence-corrected chi connectivity index (χ3v) is 22.6. The lowest BCUT2D eigenvalue weighted by Gasteiger charge is -2.74. The smallest absolute Gasteiger partial charge is 0.0714 e. The Balaban J connectivity index is 0.685. The number of aromatic nitrogens is 2. The molecule has 8 unspecified atom stereocenters. The van der Waals surface area contributed by atoms with Crippen molar-refractivity contribution in [2.75, 3.05) is 0 Å². The average molecular weight is 857 g/mol. The fourth-order valence-corrected chi connectivity index (χ4v) is 21.1. The van der Waals surface area contributed by atoms with Crippen molar-refractivity contribution in [1.82, 2.24) is 9.97 Å². The standard InChI is InChI=1S/C64H60N2/c1-2-6-46-45(5-1)61(59-19-13-41(33-65-59)39-9-15-43(16-10-39)63-31-37-23-51-49-21-35(27-55(51)63)28-56(63)52(49)24-37)47-7-3-4-8-48(47)62(46)60-20-14-42(34-66-60)40-11-17-44(18-12-40)64-32-38-25-53-50-22-36(29-57(53)64)30-58(64)54(50)26-38/h1-20,33-38,49-58H,21-32H2. The highest BCUT2D eigenvalue weighted by atomic mass is 14.8. The van der Waals surface area contributed by atoms with Crippen LogP contribution in [0.5, 0.6) is 0 Å². The molecule has 21 rings (SSSR count). The molecule has 2 aromatic heterocycles. The fourth-order valence-electron chi connectivity index (χ4n) is 21.1. The first kappa shape index (κ1) is 37.0. The normalized spacial score (nSPS) is 39.8. The second-order valence-corrected chi connectivity index (χ2v) is 24.6. The van der Waals surface area contributed by atoms with E-state index in [1.165, 1.54) is 119 Å². The van der Waals surface area contributed by atoms with Gasteiger partial charge in [0.2, 0.25) is 0 Å². The molecule has 0 spiro atoms. The lowest BCUT2D eigenvalue weighted by atomic mass is 9.30. The zero-order valence-electron chi connectivity index (χ0n) is 38.2. The van der Waals surface area contributed by atoms with Crippen molar-refractivity contribution in [3.63, 3.8) is 0 Å². The monoisotopic (exact) mass is 856 g/mol. The summed E-state index contributed by atoms with van der Waals surface area (Å²) in [6.45, 7) is 0. The van der Waals surface area contributed by atoms with E-state index in [9.17, 15) is 0 Å². The molecule has 7 aromatic rings. The van der Waals surface area contributed by atoms with Gasteiger partial charge in [0, 0.05) is 45.5 Å². The van der Waals surface area contributed by atoms with E-state index in [1.54, 1.807) is 24.0 Å². The molecule has 0 saturated heterocycles. The summed E-state index contributed by atoms with van der Waals surface area (Å²) in [4.78, 5) is 10.5. The lowest BCUT2D eigenvalue weighted by Crippen LogP contribution is -2.69. The summed E-state index contributed by atoms with van der Waals surface area (Å²) < 4.78 is 0. The number of benzene rings is 5. The predicted molar refractivity (Wildman–Crippen MR) is 266 cm³/mol. The predicted octanol–water partition coefficient (Wildman–Crippen LogP) is 15.4. The van der Waals surface area contributed by atoms with Crippen LogP contribution in [0.15, 0.2) is 134 Å². The van der Waals surface area contributed by atoms with Crippen LogP contribution in [0.25, 0.3) is 66.3 Å². The second-order valence-electron chi connectivity index (χ2n) is 24.6. The highest BCUT2D eigenvalue weighted by Gasteiger charge is 2.71. The molecule has 2 nitrogen and oxygen atoms in total. The van der Waals surface area contributed by atoms with Crippen molar-refractivity contribution in [3.8, 4) is 44.8 Å². The maximum Gasteiger partial charge on any atom is 0.0714 e. The maximum absolute atomic E-state index is 5.27. The summed E-state index contributed by atoms with van der Waals surface area (Å²) >= 11 is 0. The summed E-state index contributed by atoms with van der Waals surface area (Å²) in [5.41, 5.74) is 13.7. The topological polar surface area (TPSA) is 25.8 Å². The molecule has 66 heavy (non-hydrogen) atoms. The molecular weight excluding hydrogens is 797 g/mol. The number of rotatable bonds is 6. The number of hydrogen-bond acceptors (Lipinski definition) is 2. The van der Waals surface area contributed by atoms with Crippen LogP contribution in [0, 0.1) is 82.9 Å². The molecule has 2 heteroatoms. The Hall–Kier alpha value is -5.08. The third kappa shape index (κ3) is 4.62. The SMILES string of the molecule is c1ccc2c(-c3ccc(-c4ccc(C56CC7CC8C9CC(CC85)CC6C9C7)cc4)cn3)c3ccccc3c(-c3ccc(-c4ccc(C56CC7CC8C9CC(CC85)CC6C9C7)cc4)cn3)c2c1. The van der Waals surface area contributed by atoms with Crippen molar-refractivity contribution in [2.24, 2.45) is 82.9 Å². The Morgan fingerprint density at radius 2 is 0.652 bits per heavy atom. The van der Waals surface area contributed by atoms with E-state index < -0.39 is 0 Å². The van der Waals surface area contributed by atoms with Crippen molar-refractivity contribution in [3.05, 3.63) is 145 Å². The molecule has 0 amide bonds. The molecule has 14 fully saturated rings. The van der Waals surface area contributed by atoms with E-state index >= 15 is 0 Å². The van der Waals surface area contributed by atoms with Crippen molar-refractivity contribution in [1.29, 1.82) is 0 Å². The highest BCUT2D eigenvalue weighted by Crippen LogP contribution is 2.77. The van der Waals surface area contributed by atoms with E-state index in [2.05, 4.69) is 134 Å². The molecule has 2 heterocycles. The quantitative estimate of drug-likeness (QED) is 0.156. The lowest BCUT2D eigenvalue weighted by molar-refractivity contribution is -0.220. The summed E-state index contributed by atoms with van der Waals surface area (Å²) in [5, 5.41) is 4.90. The van der Waals surface area contributed by atoms with Crippen LogP contribution >= 0.6 is 0 Å². The molecule has 14 aliphatic rings. The molecule has 14 aliphatic carbocycles. The van der Waals surface area contributed by atoms with Crippen LogP contribution in [0.1, 0.15) is 88.2 Å². The van der Waals surface area contributed by atoms with Gasteiger partial charge in [0.1, 0.15) is 0 Å². The minimum Gasteiger partial charge on any atom is -0.256 e. The van der Waals surface area contributed by atoms with E-state index in [4.69, 9.17) is 9.97 Å². The largest absolute Gasteiger partial charge is 0.256 e. The van der Waals surface area contributed by atoms with Gasteiger partial charge >= 0.3 is 0 Å². The molecule has 0 N–H and O–H groups in total. The summed E-state index contributed by atoms with van der Waals surface area (Å²) in [7, 11) is 0. The summed E-state index contributed by atoms with van der Waals surface area (Å²) in [5.74, 6) is 13.9. The molecule has 16 bridgehead atoms. The third-order valence-electron chi connectivity index (χ3n) is 22.6. The first-order chi connectivity index (χ1) is 32.6. The molecular formula is C64H60N2. The Morgan fingerprint density at radius 3 is 0.985 bits per heavy atom. The van der Waals surface area contributed by atoms with Crippen molar-refractivity contribution in [2.45, 2.75) is 87.9 Å². The second kappa shape index (κ2) is 12.9. The minimum absolute atomic E-state index is 0.454. The van der Waals surface area contributed by atoms with Gasteiger partial charge in [-0.1, -0.05) is 109 Å². The van der Waals surface area contributed by atoms with Gasteiger partial charge in [-0.2, -0.15) is 0 Å². The van der Waals surface area contributed by atoms with Crippen LogP contribution in [0.4, 0.5) is 0 Å². The molecule has 14 saturated carbocycles. The van der Waals surface area contributed by atoms with Crippen LogP contribution in [-0.4, -0.2) is 9.97 Å². The fraction of sp³-hybridized carbons (Fsp3) is 0.438. The zero-order chi connectivity index (χ0) is 42.6. The van der Waals surface area contributed by atoms with Crippen LogP contribution in [0.2, 0.25) is 0 Å². The van der Waals surface area contributed by atoms with Gasteiger partial charge in [0.15, 0.2) is 0 Å². The molecule has 0 aliphatic heterocycles.